The molecule has 0 aliphatic carbocycles. The van der Waals surface area contributed by atoms with E-state index in [1.807, 2.05) is 27.7 Å². The van der Waals surface area contributed by atoms with E-state index >= 15 is 0 Å². The van der Waals surface area contributed by atoms with Gasteiger partial charge in [0, 0.05) is 11.1 Å². The fraction of sp³-hybridized carbons (Fsp3) is 0.381. The van der Waals surface area contributed by atoms with Crippen LogP contribution in [0.25, 0.3) is 0 Å². The van der Waals surface area contributed by atoms with Crippen LogP contribution in [0.5, 0.6) is 0 Å². The first-order valence-electron chi connectivity index (χ1n) is 9.25. The molecule has 0 spiro atoms. The monoisotopic (exact) mass is 422 g/mol. The molecule has 0 radical (unpaired) electrons. The van der Waals surface area contributed by atoms with Crippen molar-refractivity contribution >= 4 is 33.2 Å². The fourth-order valence-corrected chi connectivity index (χ4v) is 4.75. The van der Waals surface area contributed by atoms with E-state index in [4.69, 9.17) is 11.6 Å². The van der Waals surface area contributed by atoms with Gasteiger partial charge in [-0.3, -0.25) is 9.10 Å². The number of rotatable bonds is 8. The first-order valence-corrected chi connectivity index (χ1v) is 11.1. The van der Waals surface area contributed by atoms with E-state index < -0.39 is 10.0 Å². The predicted molar refractivity (Wildman–Crippen MR) is 114 cm³/mol. The molecule has 28 heavy (non-hydrogen) atoms. The van der Waals surface area contributed by atoms with Crippen molar-refractivity contribution < 1.29 is 13.2 Å². The fourth-order valence-electron chi connectivity index (χ4n) is 3.13. The molecule has 0 unspecified atom stereocenters. The summed E-state index contributed by atoms with van der Waals surface area (Å²) < 4.78 is 27.6. The van der Waals surface area contributed by atoms with E-state index in [9.17, 15) is 13.2 Å². The second-order valence-corrected chi connectivity index (χ2v) is 9.68. The quantitative estimate of drug-likeness (QED) is 0.688. The zero-order valence-corrected chi connectivity index (χ0v) is 18.2. The van der Waals surface area contributed by atoms with Crippen LogP contribution in [0.3, 0.4) is 0 Å². The normalized spacial score (nSPS) is 11.9. The molecule has 0 saturated carbocycles. The summed E-state index contributed by atoms with van der Waals surface area (Å²) in [6.07, 6.45) is 0. The van der Waals surface area contributed by atoms with Crippen LogP contribution in [-0.4, -0.2) is 26.9 Å². The van der Waals surface area contributed by atoms with Gasteiger partial charge in [-0.05, 0) is 42.2 Å². The van der Waals surface area contributed by atoms with Crippen molar-refractivity contribution in [2.75, 3.05) is 10.8 Å². The Morgan fingerprint density at radius 3 is 2.14 bits per heavy atom. The summed E-state index contributed by atoms with van der Waals surface area (Å²) in [4.78, 5) is 12.9. The number of carbonyl (C=O) groups excluding carboxylic acids is 1. The van der Waals surface area contributed by atoms with Crippen LogP contribution in [0.15, 0.2) is 59.5 Å². The van der Waals surface area contributed by atoms with Gasteiger partial charge in [-0.25, -0.2) is 8.42 Å². The van der Waals surface area contributed by atoms with E-state index in [2.05, 4.69) is 5.32 Å². The molecule has 0 aliphatic heterocycles. The third kappa shape index (κ3) is 5.49. The summed E-state index contributed by atoms with van der Waals surface area (Å²) >= 11 is 6.07. The van der Waals surface area contributed by atoms with Gasteiger partial charge in [0.25, 0.3) is 10.0 Å². The van der Waals surface area contributed by atoms with E-state index in [0.717, 1.165) is 4.31 Å². The Balaban J connectivity index is 2.39. The lowest BCUT2D eigenvalue weighted by atomic mass is 9.93. The summed E-state index contributed by atoms with van der Waals surface area (Å²) in [6, 6.07) is 14.5. The lowest BCUT2D eigenvalue weighted by Crippen LogP contribution is -2.47. The minimum atomic E-state index is -3.93. The van der Waals surface area contributed by atoms with E-state index in [1.165, 1.54) is 18.2 Å². The molecular weight excluding hydrogens is 396 g/mol. The second kappa shape index (κ2) is 9.43. The number of benzene rings is 2. The van der Waals surface area contributed by atoms with E-state index in [0.29, 0.717) is 10.7 Å². The molecule has 0 bridgehead atoms. The topological polar surface area (TPSA) is 66.5 Å². The number of sulfonamides is 1. The maximum atomic E-state index is 13.2. The first kappa shape index (κ1) is 22.2. The van der Waals surface area contributed by atoms with Crippen molar-refractivity contribution in [3.05, 3.63) is 59.6 Å². The van der Waals surface area contributed by atoms with Gasteiger partial charge in [-0.15, -0.1) is 0 Å². The Labute approximate surface area is 172 Å². The lowest BCUT2D eigenvalue weighted by molar-refractivity contribution is -0.121. The first-order chi connectivity index (χ1) is 13.1. The van der Waals surface area contributed by atoms with Crippen molar-refractivity contribution in [1.29, 1.82) is 0 Å². The Kier molecular flexibility index (Phi) is 7.49. The van der Waals surface area contributed by atoms with Crippen LogP contribution in [0, 0.1) is 11.8 Å². The highest BCUT2D eigenvalue weighted by Gasteiger charge is 2.29. The van der Waals surface area contributed by atoms with Crippen LogP contribution in [-0.2, 0) is 14.8 Å². The predicted octanol–water partition coefficient (Wildman–Crippen LogP) is 4.33. The zero-order valence-electron chi connectivity index (χ0n) is 16.6. The van der Waals surface area contributed by atoms with Gasteiger partial charge in [0.15, 0.2) is 0 Å². The van der Waals surface area contributed by atoms with Crippen molar-refractivity contribution in [2.24, 2.45) is 11.8 Å². The van der Waals surface area contributed by atoms with Gasteiger partial charge in [0.1, 0.15) is 6.54 Å². The lowest BCUT2D eigenvalue weighted by Gasteiger charge is -2.29. The van der Waals surface area contributed by atoms with Crippen molar-refractivity contribution in [1.82, 2.24) is 5.32 Å². The summed E-state index contributed by atoms with van der Waals surface area (Å²) in [5, 5.41) is 3.37. The van der Waals surface area contributed by atoms with Gasteiger partial charge in [-0.2, -0.15) is 0 Å². The summed E-state index contributed by atoms with van der Waals surface area (Å²) in [7, 11) is -3.93. The average Bonchev–Trinajstić information content (AvgIpc) is 2.64. The molecule has 5 nitrogen and oxygen atoms in total. The van der Waals surface area contributed by atoms with Crippen LogP contribution in [0.2, 0.25) is 5.02 Å². The van der Waals surface area contributed by atoms with Crippen molar-refractivity contribution in [3.63, 3.8) is 0 Å². The number of halogens is 1. The maximum Gasteiger partial charge on any atom is 0.264 e. The zero-order chi connectivity index (χ0) is 20.9. The summed E-state index contributed by atoms with van der Waals surface area (Å²) in [5.74, 6) is 0.107. The number of amides is 1. The third-order valence-electron chi connectivity index (χ3n) is 4.48. The summed E-state index contributed by atoms with van der Waals surface area (Å²) in [6.45, 7) is 7.79. The molecule has 0 atom stereocenters. The van der Waals surface area contributed by atoms with Crippen molar-refractivity contribution in [2.45, 2.75) is 38.6 Å². The highest BCUT2D eigenvalue weighted by atomic mass is 35.5. The number of nitrogens with zero attached hydrogens (tertiary/aromatic N) is 1. The molecule has 1 N–H and O–H groups in total. The van der Waals surface area contributed by atoms with Crippen LogP contribution >= 0.6 is 11.6 Å². The summed E-state index contributed by atoms with van der Waals surface area (Å²) in [5.41, 5.74) is 0.345. The Hall–Kier alpha value is -2.05. The van der Waals surface area contributed by atoms with Gasteiger partial charge >= 0.3 is 0 Å². The van der Waals surface area contributed by atoms with Crippen LogP contribution in [0.1, 0.15) is 27.7 Å². The molecular formula is C21H27ClN2O3S. The molecule has 7 heteroatoms. The molecule has 0 aromatic heterocycles. The molecule has 0 heterocycles. The van der Waals surface area contributed by atoms with Gasteiger partial charge in [0.05, 0.1) is 10.6 Å². The molecule has 0 fully saturated rings. The smallest absolute Gasteiger partial charge is 0.264 e. The molecule has 152 valence electrons. The van der Waals surface area contributed by atoms with Gasteiger partial charge in [-0.1, -0.05) is 63.6 Å². The van der Waals surface area contributed by atoms with E-state index in [1.54, 1.807) is 36.4 Å². The minimum Gasteiger partial charge on any atom is -0.351 e. The minimum absolute atomic E-state index is 0.0480. The van der Waals surface area contributed by atoms with Gasteiger partial charge < -0.3 is 5.32 Å². The number of anilines is 1. The highest BCUT2D eigenvalue weighted by Crippen LogP contribution is 2.26. The number of hydrogen-bond donors (Lipinski definition) is 1. The highest BCUT2D eigenvalue weighted by molar-refractivity contribution is 7.92. The third-order valence-corrected chi connectivity index (χ3v) is 6.50. The SMILES string of the molecule is CC(C)C(NC(=O)CN(c1cccc(Cl)c1)S(=O)(=O)c1ccccc1)C(C)C. The molecule has 2 aromatic carbocycles. The molecule has 2 aromatic rings. The molecule has 2 rings (SSSR count). The van der Waals surface area contributed by atoms with Gasteiger partial charge in [0.2, 0.25) is 5.91 Å². The van der Waals surface area contributed by atoms with E-state index in [-0.39, 0.29) is 35.2 Å². The molecule has 0 aliphatic rings. The average molecular weight is 423 g/mol. The number of carbonyl (C=O) groups is 1. The Morgan fingerprint density at radius 1 is 1.00 bits per heavy atom. The van der Waals surface area contributed by atoms with Crippen LogP contribution in [0.4, 0.5) is 5.69 Å². The molecule has 1 amide bonds. The maximum absolute atomic E-state index is 13.2. The Bertz CT molecular complexity index is 891. The molecule has 0 saturated heterocycles. The van der Waals surface area contributed by atoms with Crippen LogP contribution < -0.4 is 9.62 Å². The number of hydrogen-bond acceptors (Lipinski definition) is 3. The largest absolute Gasteiger partial charge is 0.351 e. The Morgan fingerprint density at radius 2 is 1.61 bits per heavy atom. The second-order valence-electron chi connectivity index (χ2n) is 7.39. The number of nitrogens with one attached hydrogen (secondary N) is 1. The van der Waals surface area contributed by atoms with Crippen molar-refractivity contribution in [3.8, 4) is 0 Å². The standard InChI is InChI=1S/C21H27ClN2O3S/c1-15(2)21(16(3)4)23-20(25)14-24(18-10-8-9-17(22)13-18)28(26,27)19-11-6-5-7-12-19/h5-13,15-16,21H,14H2,1-4H3,(H,23,25).